The molecule has 0 radical (unpaired) electrons. The summed E-state index contributed by atoms with van der Waals surface area (Å²) < 4.78 is 2.39. The van der Waals surface area contributed by atoms with Gasteiger partial charge in [-0.2, -0.15) is 0 Å². The fraction of sp³-hybridized carbons (Fsp3) is 0. The molecule has 0 nitrogen and oxygen atoms in total. The molecule has 0 aliphatic heterocycles. The molecule has 0 saturated heterocycles. The second kappa shape index (κ2) is 5.64. The molecule has 0 N–H and O–H groups in total. The highest BCUT2D eigenvalue weighted by Gasteiger charge is 1.95. The Morgan fingerprint density at radius 1 is 0.812 bits per heavy atom. The van der Waals surface area contributed by atoms with Gasteiger partial charge in [-0.25, -0.2) is 0 Å². The first-order valence-corrected chi connectivity index (χ1v) is 6.82. The van der Waals surface area contributed by atoms with Gasteiger partial charge < -0.3 is 0 Å². The summed E-state index contributed by atoms with van der Waals surface area (Å²) in [7, 11) is 0. The van der Waals surface area contributed by atoms with Crippen molar-refractivity contribution >= 4 is 50.7 Å². The smallest absolute Gasteiger partial charge is 0.0247 e. The van der Waals surface area contributed by atoms with Crippen molar-refractivity contribution in [2.24, 2.45) is 0 Å². The third-order valence-electron chi connectivity index (χ3n) is 2.25. The van der Waals surface area contributed by atoms with E-state index in [9.17, 15) is 0 Å². The summed E-state index contributed by atoms with van der Waals surface area (Å²) in [6.07, 6.45) is 4.27. The van der Waals surface area contributed by atoms with Crippen molar-refractivity contribution in [3.63, 3.8) is 0 Å². The van der Waals surface area contributed by atoms with E-state index in [2.05, 4.69) is 87.1 Å². The Kier molecular flexibility index (Phi) is 4.18. The summed E-state index contributed by atoms with van der Waals surface area (Å²) in [4.78, 5) is 0. The fourth-order valence-corrected chi connectivity index (χ4v) is 2.38. The van der Waals surface area contributed by atoms with Crippen LogP contribution in [0.25, 0.3) is 12.2 Å². The van der Waals surface area contributed by atoms with Crippen molar-refractivity contribution in [1.29, 1.82) is 0 Å². The van der Waals surface area contributed by atoms with E-state index in [4.69, 9.17) is 0 Å². The maximum atomic E-state index is 3.54. The molecule has 0 amide bonds. The lowest BCUT2D eigenvalue weighted by Gasteiger charge is -1.99. The summed E-state index contributed by atoms with van der Waals surface area (Å²) in [6, 6.07) is 16.6. The zero-order chi connectivity index (χ0) is 11.4. The van der Waals surface area contributed by atoms with Crippen LogP contribution in [0.15, 0.2) is 53.0 Å². The fourth-order valence-electron chi connectivity index (χ4n) is 1.40. The van der Waals surface area contributed by atoms with Crippen LogP contribution in [-0.4, -0.2) is 0 Å². The van der Waals surface area contributed by atoms with Crippen LogP contribution in [0.1, 0.15) is 11.1 Å². The van der Waals surface area contributed by atoms with Crippen LogP contribution < -0.4 is 0 Å². The van der Waals surface area contributed by atoms with Gasteiger partial charge in [0.25, 0.3) is 0 Å². The van der Waals surface area contributed by atoms with E-state index in [1.54, 1.807) is 0 Å². The predicted octanol–water partition coefficient (Wildman–Crippen LogP) is 5.22. The summed E-state index contributed by atoms with van der Waals surface area (Å²) in [5.74, 6) is 0. The Hall–Kier alpha value is -0.610. The van der Waals surface area contributed by atoms with Crippen molar-refractivity contribution in [2.75, 3.05) is 0 Å². The molecular formula is C14H10BrI. The molecule has 2 aromatic carbocycles. The minimum atomic E-state index is 1.12. The zero-order valence-corrected chi connectivity index (χ0v) is 12.3. The highest BCUT2D eigenvalue weighted by atomic mass is 127. The van der Waals surface area contributed by atoms with Crippen LogP contribution in [0.2, 0.25) is 0 Å². The molecule has 0 spiro atoms. The van der Waals surface area contributed by atoms with Crippen LogP contribution >= 0.6 is 38.5 Å². The topological polar surface area (TPSA) is 0 Å². The largest absolute Gasteiger partial charge is 0.0616 e. The highest BCUT2D eigenvalue weighted by Crippen LogP contribution is 2.20. The summed E-state index contributed by atoms with van der Waals surface area (Å²) in [5.41, 5.74) is 2.45. The van der Waals surface area contributed by atoms with E-state index >= 15 is 0 Å². The SMILES string of the molecule is Brc1ccccc1C=Cc1ccccc1I. The van der Waals surface area contributed by atoms with Gasteiger partial charge in [-0.15, -0.1) is 0 Å². The van der Waals surface area contributed by atoms with Crippen LogP contribution in [-0.2, 0) is 0 Å². The van der Waals surface area contributed by atoms with Crippen molar-refractivity contribution in [3.05, 3.63) is 67.7 Å². The van der Waals surface area contributed by atoms with E-state index in [1.807, 2.05) is 12.1 Å². The first-order chi connectivity index (χ1) is 7.77. The van der Waals surface area contributed by atoms with E-state index < -0.39 is 0 Å². The molecule has 2 rings (SSSR count). The molecule has 0 aromatic heterocycles. The average Bonchev–Trinajstić information content (AvgIpc) is 2.30. The predicted molar refractivity (Wildman–Crippen MR) is 82.2 cm³/mol. The number of halogens is 2. The Bertz CT molecular complexity index is 470. The third kappa shape index (κ3) is 2.95. The lowest BCUT2D eigenvalue weighted by Crippen LogP contribution is -1.78. The minimum absolute atomic E-state index is 1.12. The molecule has 0 heterocycles. The highest BCUT2D eigenvalue weighted by molar-refractivity contribution is 14.1. The van der Waals surface area contributed by atoms with Crippen molar-refractivity contribution in [1.82, 2.24) is 0 Å². The molecule has 0 atom stereocenters. The Morgan fingerprint density at radius 2 is 1.38 bits per heavy atom. The number of benzene rings is 2. The molecule has 0 fully saturated rings. The quantitative estimate of drug-likeness (QED) is 0.491. The molecule has 0 aliphatic carbocycles. The molecule has 0 aliphatic rings. The monoisotopic (exact) mass is 384 g/mol. The molecule has 2 heteroatoms. The van der Waals surface area contributed by atoms with Gasteiger partial charge in [0.05, 0.1) is 0 Å². The number of rotatable bonds is 2. The number of hydrogen-bond donors (Lipinski definition) is 0. The van der Waals surface area contributed by atoms with Gasteiger partial charge >= 0.3 is 0 Å². The molecule has 0 bridgehead atoms. The van der Waals surface area contributed by atoms with Crippen LogP contribution in [0.5, 0.6) is 0 Å². The second-order valence-electron chi connectivity index (χ2n) is 3.38. The number of hydrogen-bond acceptors (Lipinski definition) is 0. The van der Waals surface area contributed by atoms with Gasteiger partial charge in [0, 0.05) is 8.04 Å². The standard InChI is InChI=1S/C14H10BrI/c15-13-7-3-1-5-11(13)9-10-12-6-2-4-8-14(12)16/h1-10H. The molecule has 2 aromatic rings. The first-order valence-electron chi connectivity index (χ1n) is 4.94. The van der Waals surface area contributed by atoms with Crippen molar-refractivity contribution in [3.8, 4) is 0 Å². The lowest BCUT2D eigenvalue weighted by atomic mass is 10.1. The average molecular weight is 385 g/mol. The van der Waals surface area contributed by atoms with Crippen LogP contribution in [0, 0.1) is 3.57 Å². The van der Waals surface area contributed by atoms with Crippen molar-refractivity contribution < 1.29 is 0 Å². The minimum Gasteiger partial charge on any atom is -0.0616 e. The van der Waals surface area contributed by atoms with E-state index in [0.29, 0.717) is 0 Å². The third-order valence-corrected chi connectivity index (χ3v) is 3.96. The molecule has 0 unspecified atom stereocenters. The van der Waals surface area contributed by atoms with Crippen molar-refractivity contribution in [2.45, 2.75) is 0 Å². The first kappa shape index (κ1) is 11.9. The molecule has 0 saturated carbocycles. The van der Waals surface area contributed by atoms with Gasteiger partial charge in [0.15, 0.2) is 0 Å². The van der Waals surface area contributed by atoms with Gasteiger partial charge in [-0.05, 0) is 45.9 Å². The lowest BCUT2D eigenvalue weighted by molar-refractivity contribution is 1.58. The van der Waals surface area contributed by atoms with Crippen LogP contribution in [0.4, 0.5) is 0 Å². The van der Waals surface area contributed by atoms with E-state index in [1.165, 1.54) is 14.7 Å². The summed E-state index contributed by atoms with van der Waals surface area (Å²) in [5, 5.41) is 0. The van der Waals surface area contributed by atoms with Gasteiger partial charge in [-0.1, -0.05) is 64.5 Å². The van der Waals surface area contributed by atoms with E-state index in [-0.39, 0.29) is 0 Å². The Morgan fingerprint density at radius 3 is 2.06 bits per heavy atom. The summed E-state index contributed by atoms with van der Waals surface area (Å²) >= 11 is 5.88. The second-order valence-corrected chi connectivity index (χ2v) is 5.39. The van der Waals surface area contributed by atoms with Crippen LogP contribution in [0.3, 0.4) is 0 Å². The maximum absolute atomic E-state index is 3.54. The normalized spacial score (nSPS) is 10.9. The summed E-state index contributed by atoms with van der Waals surface area (Å²) in [6.45, 7) is 0. The molecule has 16 heavy (non-hydrogen) atoms. The molecular weight excluding hydrogens is 375 g/mol. The van der Waals surface area contributed by atoms with E-state index in [0.717, 1.165) is 4.47 Å². The van der Waals surface area contributed by atoms with Gasteiger partial charge in [0.1, 0.15) is 0 Å². The Balaban J connectivity index is 2.29. The zero-order valence-electron chi connectivity index (χ0n) is 8.53. The van der Waals surface area contributed by atoms with Gasteiger partial charge in [-0.3, -0.25) is 0 Å². The van der Waals surface area contributed by atoms with Gasteiger partial charge in [0.2, 0.25) is 0 Å². The molecule has 80 valence electrons. The maximum Gasteiger partial charge on any atom is 0.0247 e. The Labute approximate surface area is 118 Å².